The molecule has 9 heteroatoms. The zero-order valence-corrected chi connectivity index (χ0v) is 22.6. The van der Waals surface area contributed by atoms with Gasteiger partial charge in [-0.2, -0.15) is 11.8 Å². The molecule has 1 aliphatic rings. The standard InChI is InChI=1S/C27H36N2O5S2/c1-19-8-6-7-11-22(19)24-18-21(36(33,34)28-16-14-20-9-4-3-5-10-20)12-13-23(24)26(30)29-25(27(31)32)15-17-35-2/h6-8,11-13,18,20,25,28H,3-5,9-10,14-17H2,1-2H3,(H,29,30)(H,31,32)/t25-/m0/s1. The molecule has 2 aromatic rings. The normalized spacial score (nSPS) is 15.4. The van der Waals surface area contributed by atoms with Crippen molar-refractivity contribution in [1.29, 1.82) is 0 Å². The van der Waals surface area contributed by atoms with Crippen molar-refractivity contribution in [2.24, 2.45) is 5.92 Å². The molecule has 0 unspecified atom stereocenters. The molecule has 1 amide bonds. The molecule has 3 N–H and O–H groups in total. The summed E-state index contributed by atoms with van der Waals surface area (Å²) in [4.78, 5) is 24.9. The average Bonchev–Trinajstić information content (AvgIpc) is 2.86. The van der Waals surface area contributed by atoms with Crippen LogP contribution in [0.3, 0.4) is 0 Å². The maximum Gasteiger partial charge on any atom is 0.326 e. The minimum atomic E-state index is -3.77. The van der Waals surface area contributed by atoms with Crippen LogP contribution in [0, 0.1) is 12.8 Å². The molecule has 1 aliphatic carbocycles. The highest BCUT2D eigenvalue weighted by molar-refractivity contribution is 7.98. The van der Waals surface area contributed by atoms with Gasteiger partial charge in [0.05, 0.1) is 4.90 Å². The molecule has 7 nitrogen and oxygen atoms in total. The zero-order chi connectivity index (χ0) is 26.1. The van der Waals surface area contributed by atoms with Crippen molar-refractivity contribution in [3.63, 3.8) is 0 Å². The van der Waals surface area contributed by atoms with Crippen LogP contribution in [0.1, 0.15) is 60.9 Å². The number of thioether (sulfide) groups is 1. The number of carbonyl (C=O) groups excluding carboxylic acids is 1. The van der Waals surface area contributed by atoms with Gasteiger partial charge in [-0.3, -0.25) is 4.79 Å². The van der Waals surface area contributed by atoms with Crippen molar-refractivity contribution in [2.45, 2.75) is 62.8 Å². The Hall–Kier alpha value is -2.36. The predicted octanol–water partition coefficient (Wildman–Crippen LogP) is 4.85. The zero-order valence-electron chi connectivity index (χ0n) is 21.0. The van der Waals surface area contributed by atoms with Crippen LogP contribution < -0.4 is 10.0 Å². The van der Waals surface area contributed by atoms with Crippen molar-refractivity contribution < 1.29 is 23.1 Å². The van der Waals surface area contributed by atoms with Gasteiger partial charge in [0.2, 0.25) is 10.0 Å². The van der Waals surface area contributed by atoms with Crippen molar-refractivity contribution in [3.8, 4) is 11.1 Å². The monoisotopic (exact) mass is 532 g/mol. The van der Waals surface area contributed by atoms with E-state index < -0.39 is 27.9 Å². The highest BCUT2D eigenvalue weighted by Crippen LogP contribution is 2.30. The molecule has 0 saturated heterocycles. The molecule has 2 aromatic carbocycles. The Kier molecular flexibility index (Phi) is 10.4. The lowest BCUT2D eigenvalue weighted by Gasteiger charge is -2.21. The van der Waals surface area contributed by atoms with E-state index in [-0.39, 0.29) is 10.5 Å². The van der Waals surface area contributed by atoms with E-state index >= 15 is 0 Å². The van der Waals surface area contributed by atoms with E-state index in [0.717, 1.165) is 30.4 Å². The van der Waals surface area contributed by atoms with Gasteiger partial charge in [-0.25, -0.2) is 17.9 Å². The van der Waals surface area contributed by atoms with Crippen LogP contribution in [-0.2, 0) is 14.8 Å². The summed E-state index contributed by atoms with van der Waals surface area (Å²) in [7, 11) is -3.77. The number of rotatable bonds is 12. The maximum absolute atomic E-state index is 13.2. The lowest BCUT2D eigenvalue weighted by atomic mass is 9.87. The van der Waals surface area contributed by atoms with Gasteiger partial charge in [0.15, 0.2) is 0 Å². The average molecular weight is 533 g/mol. The number of benzene rings is 2. The summed E-state index contributed by atoms with van der Waals surface area (Å²) >= 11 is 1.50. The third kappa shape index (κ3) is 7.57. The van der Waals surface area contributed by atoms with Crippen LogP contribution in [0.5, 0.6) is 0 Å². The Balaban J connectivity index is 1.88. The molecule has 1 atom stereocenters. The Labute approximate surface area is 218 Å². The van der Waals surface area contributed by atoms with Crippen LogP contribution >= 0.6 is 11.8 Å². The van der Waals surface area contributed by atoms with Gasteiger partial charge < -0.3 is 10.4 Å². The Morgan fingerprint density at radius 3 is 2.47 bits per heavy atom. The quantitative estimate of drug-likeness (QED) is 0.360. The summed E-state index contributed by atoms with van der Waals surface area (Å²) in [6.45, 7) is 2.27. The lowest BCUT2D eigenvalue weighted by molar-refractivity contribution is -0.139. The van der Waals surface area contributed by atoms with Crippen molar-refractivity contribution >= 4 is 33.7 Å². The minimum Gasteiger partial charge on any atom is -0.480 e. The van der Waals surface area contributed by atoms with Crippen LogP contribution in [0.25, 0.3) is 11.1 Å². The molecule has 1 saturated carbocycles. The van der Waals surface area contributed by atoms with E-state index in [0.29, 0.717) is 30.2 Å². The van der Waals surface area contributed by atoms with Crippen molar-refractivity contribution in [1.82, 2.24) is 10.0 Å². The molecular formula is C27H36N2O5S2. The molecule has 36 heavy (non-hydrogen) atoms. The fourth-order valence-corrected chi connectivity index (χ4v) is 6.22. The van der Waals surface area contributed by atoms with Crippen LogP contribution in [-0.4, -0.2) is 50.0 Å². The summed E-state index contributed by atoms with van der Waals surface area (Å²) in [6.07, 6.45) is 8.96. The number of carboxylic acid groups (broad SMARTS) is 1. The van der Waals surface area contributed by atoms with Crippen molar-refractivity contribution in [2.75, 3.05) is 18.6 Å². The van der Waals surface area contributed by atoms with E-state index in [9.17, 15) is 23.1 Å². The predicted molar refractivity (Wildman–Crippen MR) is 145 cm³/mol. The Bertz CT molecular complexity index is 1160. The number of nitrogens with one attached hydrogen (secondary N) is 2. The highest BCUT2D eigenvalue weighted by atomic mass is 32.2. The maximum atomic E-state index is 13.2. The molecule has 1 fully saturated rings. The first-order valence-electron chi connectivity index (χ1n) is 12.4. The second kappa shape index (κ2) is 13.3. The van der Waals surface area contributed by atoms with Gasteiger partial charge in [-0.15, -0.1) is 0 Å². The molecular weight excluding hydrogens is 496 g/mol. The molecule has 3 rings (SSSR count). The van der Waals surface area contributed by atoms with Gasteiger partial charge in [-0.05, 0) is 72.6 Å². The number of amides is 1. The summed E-state index contributed by atoms with van der Waals surface area (Å²) in [6, 6.07) is 10.8. The second-order valence-electron chi connectivity index (χ2n) is 9.36. The molecule has 0 aliphatic heterocycles. The van der Waals surface area contributed by atoms with E-state index in [1.54, 1.807) is 0 Å². The number of carboxylic acids is 1. The van der Waals surface area contributed by atoms with Gasteiger partial charge >= 0.3 is 5.97 Å². The summed E-state index contributed by atoms with van der Waals surface area (Å²) in [5.74, 6) is -0.499. The van der Waals surface area contributed by atoms with Gasteiger partial charge in [0, 0.05) is 12.1 Å². The first kappa shape index (κ1) is 28.2. The summed E-state index contributed by atoms with van der Waals surface area (Å²) in [5, 5.41) is 12.2. The number of sulfonamides is 1. The third-order valence-corrected chi connectivity index (χ3v) is 8.87. The Morgan fingerprint density at radius 1 is 1.08 bits per heavy atom. The summed E-state index contributed by atoms with van der Waals surface area (Å²) in [5.41, 5.74) is 2.29. The SMILES string of the molecule is CSCC[C@H](NC(=O)c1ccc(S(=O)(=O)NCCC2CCCCC2)cc1-c1ccccc1C)C(=O)O. The molecule has 196 valence electrons. The van der Waals surface area contributed by atoms with E-state index in [1.807, 2.05) is 37.4 Å². The fraction of sp³-hybridized carbons (Fsp3) is 0.481. The number of carbonyl (C=O) groups is 2. The smallest absolute Gasteiger partial charge is 0.326 e. The van der Waals surface area contributed by atoms with E-state index in [4.69, 9.17) is 0 Å². The molecule has 0 aromatic heterocycles. The lowest BCUT2D eigenvalue weighted by Crippen LogP contribution is -2.41. The molecule has 0 spiro atoms. The molecule has 0 heterocycles. The highest BCUT2D eigenvalue weighted by Gasteiger charge is 2.25. The number of aryl methyl sites for hydroxylation is 1. The second-order valence-corrected chi connectivity index (χ2v) is 12.1. The fourth-order valence-electron chi connectivity index (χ4n) is 4.67. The first-order chi connectivity index (χ1) is 17.2. The van der Waals surface area contributed by atoms with E-state index in [1.165, 1.54) is 49.2 Å². The number of aliphatic carboxylic acids is 1. The number of hydrogen-bond acceptors (Lipinski definition) is 5. The largest absolute Gasteiger partial charge is 0.480 e. The first-order valence-corrected chi connectivity index (χ1v) is 15.3. The van der Waals surface area contributed by atoms with Crippen molar-refractivity contribution in [3.05, 3.63) is 53.6 Å². The minimum absolute atomic E-state index is 0.0816. The molecule has 0 bridgehead atoms. The van der Waals surface area contributed by atoms with Crippen LogP contribution in [0.4, 0.5) is 0 Å². The summed E-state index contributed by atoms with van der Waals surface area (Å²) < 4.78 is 29.0. The molecule has 0 radical (unpaired) electrons. The van der Waals surface area contributed by atoms with Gasteiger partial charge in [0.1, 0.15) is 6.04 Å². The Morgan fingerprint density at radius 2 is 1.81 bits per heavy atom. The topological polar surface area (TPSA) is 113 Å². The van der Waals surface area contributed by atoms with Gasteiger partial charge in [0.25, 0.3) is 5.91 Å². The third-order valence-electron chi connectivity index (χ3n) is 6.76. The van der Waals surface area contributed by atoms with Crippen LogP contribution in [0.2, 0.25) is 0 Å². The van der Waals surface area contributed by atoms with E-state index in [2.05, 4.69) is 10.0 Å². The van der Waals surface area contributed by atoms with Gasteiger partial charge in [-0.1, -0.05) is 56.4 Å². The van der Waals surface area contributed by atoms with Crippen LogP contribution in [0.15, 0.2) is 47.4 Å². The number of hydrogen-bond donors (Lipinski definition) is 3.